The molecule has 0 aliphatic carbocycles. The van der Waals surface area contributed by atoms with Crippen LogP contribution >= 0.6 is 0 Å². The van der Waals surface area contributed by atoms with Crippen molar-refractivity contribution in [2.75, 3.05) is 0 Å². The number of hydrogen-bond acceptors (Lipinski definition) is 2. The molecular formula is C20H18FNO2. The molecule has 2 aromatic carbocycles. The fourth-order valence-corrected chi connectivity index (χ4v) is 2.56. The standard InChI is InChI=1S/C20H18FNO2/c21-18-9-4-8-17(12-18)13-20(23)22(15-19-10-5-11-24-19)14-16-6-2-1-3-7-16/h1-12H,13-15H2. The van der Waals surface area contributed by atoms with E-state index in [1.54, 1.807) is 29.4 Å². The lowest BCUT2D eigenvalue weighted by Gasteiger charge is -2.22. The van der Waals surface area contributed by atoms with Crippen LogP contribution in [0.5, 0.6) is 0 Å². The van der Waals surface area contributed by atoms with Gasteiger partial charge in [-0.25, -0.2) is 4.39 Å². The zero-order valence-corrected chi connectivity index (χ0v) is 13.2. The Morgan fingerprint density at radius 1 is 0.917 bits per heavy atom. The fourth-order valence-electron chi connectivity index (χ4n) is 2.56. The van der Waals surface area contributed by atoms with E-state index in [9.17, 15) is 9.18 Å². The third kappa shape index (κ3) is 4.32. The molecule has 0 aliphatic heterocycles. The van der Waals surface area contributed by atoms with Gasteiger partial charge in [0.05, 0.1) is 19.2 Å². The van der Waals surface area contributed by atoms with Crippen LogP contribution in [0.2, 0.25) is 0 Å². The van der Waals surface area contributed by atoms with Gasteiger partial charge in [0.1, 0.15) is 11.6 Å². The quantitative estimate of drug-likeness (QED) is 0.681. The number of rotatable bonds is 6. The van der Waals surface area contributed by atoms with Crippen molar-refractivity contribution >= 4 is 5.91 Å². The summed E-state index contributed by atoms with van der Waals surface area (Å²) in [6, 6.07) is 19.6. The molecular weight excluding hydrogens is 305 g/mol. The molecule has 3 nitrogen and oxygen atoms in total. The maximum absolute atomic E-state index is 13.3. The molecule has 0 spiro atoms. The van der Waals surface area contributed by atoms with Gasteiger partial charge in [-0.05, 0) is 35.4 Å². The third-order valence-electron chi connectivity index (χ3n) is 3.74. The first-order valence-corrected chi connectivity index (χ1v) is 7.79. The fraction of sp³-hybridized carbons (Fsp3) is 0.150. The van der Waals surface area contributed by atoms with Gasteiger partial charge in [-0.1, -0.05) is 42.5 Å². The van der Waals surface area contributed by atoms with Gasteiger partial charge in [-0.15, -0.1) is 0 Å². The minimum atomic E-state index is -0.332. The molecule has 1 amide bonds. The summed E-state index contributed by atoms with van der Waals surface area (Å²) >= 11 is 0. The number of furan rings is 1. The predicted molar refractivity (Wildman–Crippen MR) is 89.5 cm³/mol. The van der Waals surface area contributed by atoms with Crippen LogP contribution in [0.3, 0.4) is 0 Å². The second-order valence-electron chi connectivity index (χ2n) is 5.62. The molecule has 0 N–H and O–H groups in total. The second kappa shape index (κ2) is 7.59. The summed E-state index contributed by atoms with van der Waals surface area (Å²) in [4.78, 5) is 14.4. The molecule has 0 radical (unpaired) electrons. The smallest absolute Gasteiger partial charge is 0.227 e. The molecule has 3 aromatic rings. The van der Waals surface area contributed by atoms with Crippen molar-refractivity contribution in [2.24, 2.45) is 0 Å². The van der Waals surface area contributed by atoms with Crippen molar-refractivity contribution in [3.63, 3.8) is 0 Å². The first-order valence-electron chi connectivity index (χ1n) is 7.79. The number of carbonyl (C=O) groups is 1. The van der Waals surface area contributed by atoms with E-state index in [0.717, 1.165) is 11.3 Å². The van der Waals surface area contributed by atoms with Crippen molar-refractivity contribution in [3.8, 4) is 0 Å². The van der Waals surface area contributed by atoms with Crippen molar-refractivity contribution in [1.29, 1.82) is 0 Å². The molecule has 1 aromatic heterocycles. The minimum absolute atomic E-state index is 0.0687. The van der Waals surface area contributed by atoms with E-state index in [2.05, 4.69) is 0 Å². The van der Waals surface area contributed by atoms with Crippen LogP contribution in [0.25, 0.3) is 0 Å². The summed E-state index contributed by atoms with van der Waals surface area (Å²) in [5, 5.41) is 0. The van der Waals surface area contributed by atoms with Crippen molar-refractivity contribution in [1.82, 2.24) is 4.90 Å². The highest BCUT2D eigenvalue weighted by Gasteiger charge is 2.16. The number of hydrogen-bond donors (Lipinski definition) is 0. The highest BCUT2D eigenvalue weighted by atomic mass is 19.1. The van der Waals surface area contributed by atoms with Crippen LogP contribution in [-0.2, 0) is 24.3 Å². The lowest BCUT2D eigenvalue weighted by molar-refractivity contribution is -0.132. The van der Waals surface area contributed by atoms with Crippen molar-refractivity contribution in [3.05, 3.63) is 95.7 Å². The zero-order valence-electron chi connectivity index (χ0n) is 13.2. The van der Waals surface area contributed by atoms with Gasteiger partial charge in [0.25, 0.3) is 0 Å². The van der Waals surface area contributed by atoms with E-state index in [4.69, 9.17) is 4.42 Å². The summed E-state index contributed by atoms with van der Waals surface area (Å²) < 4.78 is 18.7. The van der Waals surface area contributed by atoms with Crippen molar-refractivity contribution in [2.45, 2.75) is 19.5 Å². The topological polar surface area (TPSA) is 33.5 Å². The molecule has 0 atom stereocenters. The summed E-state index contributed by atoms with van der Waals surface area (Å²) in [6.45, 7) is 0.867. The van der Waals surface area contributed by atoms with Gasteiger partial charge < -0.3 is 9.32 Å². The maximum Gasteiger partial charge on any atom is 0.227 e. The molecule has 0 aliphatic rings. The van der Waals surface area contributed by atoms with Gasteiger partial charge in [-0.3, -0.25) is 4.79 Å². The van der Waals surface area contributed by atoms with E-state index < -0.39 is 0 Å². The third-order valence-corrected chi connectivity index (χ3v) is 3.74. The molecule has 24 heavy (non-hydrogen) atoms. The predicted octanol–water partition coefficient (Wildman–Crippen LogP) is 4.19. The van der Waals surface area contributed by atoms with E-state index in [1.165, 1.54) is 12.1 Å². The van der Waals surface area contributed by atoms with Crippen LogP contribution in [0.4, 0.5) is 4.39 Å². The summed E-state index contributed by atoms with van der Waals surface area (Å²) in [7, 11) is 0. The van der Waals surface area contributed by atoms with Gasteiger partial charge in [0.15, 0.2) is 0 Å². The molecule has 0 unspecified atom stereocenters. The maximum atomic E-state index is 13.3. The molecule has 4 heteroatoms. The molecule has 0 fully saturated rings. The van der Waals surface area contributed by atoms with Gasteiger partial charge >= 0.3 is 0 Å². The normalized spacial score (nSPS) is 10.5. The highest BCUT2D eigenvalue weighted by Crippen LogP contribution is 2.13. The second-order valence-corrected chi connectivity index (χ2v) is 5.62. The number of amides is 1. The Morgan fingerprint density at radius 2 is 1.71 bits per heavy atom. The number of halogens is 1. The molecule has 3 rings (SSSR count). The van der Waals surface area contributed by atoms with Crippen LogP contribution in [0.15, 0.2) is 77.4 Å². The summed E-state index contributed by atoms with van der Waals surface area (Å²) in [6.07, 6.45) is 1.75. The first kappa shape index (κ1) is 16.0. The summed E-state index contributed by atoms with van der Waals surface area (Å²) in [5.74, 6) is 0.320. The Morgan fingerprint density at radius 3 is 2.42 bits per heavy atom. The van der Waals surface area contributed by atoms with E-state index in [1.807, 2.05) is 36.4 Å². The Hall–Kier alpha value is -2.88. The van der Waals surface area contributed by atoms with Crippen LogP contribution in [0, 0.1) is 5.82 Å². The Labute approximate surface area is 140 Å². The number of nitrogens with zero attached hydrogens (tertiary/aromatic N) is 1. The molecule has 0 saturated carbocycles. The monoisotopic (exact) mass is 323 g/mol. The Kier molecular flexibility index (Phi) is 5.06. The minimum Gasteiger partial charge on any atom is -0.467 e. The highest BCUT2D eigenvalue weighted by molar-refractivity contribution is 5.78. The lowest BCUT2D eigenvalue weighted by atomic mass is 10.1. The first-order chi connectivity index (χ1) is 11.7. The van der Waals surface area contributed by atoms with Crippen LogP contribution in [0.1, 0.15) is 16.9 Å². The molecule has 0 bridgehead atoms. The average molecular weight is 323 g/mol. The van der Waals surface area contributed by atoms with E-state index in [0.29, 0.717) is 18.7 Å². The molecule has 1 heterocycles. The lowest BCUT2D eigenvalue weighted by Crippen LogP contribution is -2.31. The Balaban J connectivity index is 1.76. The van der Waals surface area contributed by atoms with E-state index in [-0.39, 0.29) is 18.1 Å². The van der Waals surface area contributed by atoms with Crippen LogP contribution < -0.4 is 0 Å². The van der Waals surface area contributed by atoms with Gasteiger partial charge in [-0.2, -0.15) is 0 Å². The van der Waals surface area contributed by atoms with Crippen LogP contribution in [-0.4, -0.2) is 10.8 Å². The van der Waals surface area contributed by atoms with Crippen molar-refractivity contribution < 1.29 is 13.6 Å². The zero-order chi connectivity index (χ0) is 16.8. The number of carbonyl (C=O) groups excluding carboxylic acids is 1. The Bertz CT molecular complexity index is 784. The van der Waals surface area contributed by atoms with Gasteiger partial charge in [0.2, 0.25) is 5.91 Å². The summed E-state index contributed by atoms with van der Waals surface area (Å²) in [5.41, 5.74) is 1.70. The average Bonchev–Trinajstić information content (AvgIpc) is 3.08. The SMILES string of the molecule is O=C(Cc1cccc(F)c1)N(Cc1ccccc1)Cc1ccco1. The largest absolute Gasteiger partial charge is 0.467 e. The number of benzene rings is 2. The van der Waals surface area contributed by atoms with E-state index >= 15 is 0 Å². The molecule has 0 saturated heterocycles. The molecule has 122 valence electrons. The van der Waals surface area contributed by atoms with Gasteiger partial charge in [0, 0.05) is 6.54 Å².